The molecule has 1 aliphatic heterocycles. The van der Waals surface area contributed by atoms with Crippen molar-refractivity contribution in [1.29, 1.82) is 0 Å². The van der Waals surface area contributed by atoms with Crippen LogP contribution in [0, 0.1) is 0 Å². The van der Waals surface area contributed by atoms with Crippen LogP contribution in [0.2, 0.25) is 0 Å². The Kier molecular flexibility index (Phi) is 5.12. The Labute approximate surface area is 268 Å². The quantitative estimate of drug-likeness (QED) is 0.196. The molecule has 0 aromatic heterocycles. The lowest BCUT2D eigenvalue weighted by atomic mass is 9.79. The van der Waals surface area contributed by atoms with E-state index < -0.39 is 0 Å². The number of rotatable bonds is 2. The molecule has 2 aliphatic rings. The second kappa shape index (κ2) is 9.19. The predicted octanol–water partition coefficient (Wildman–Crippen LogP) is 12.6. The van der Waals surface area contributed by atoms with Crippen molar-refractivity contribution >= 4 is 32.3 Å². The van der Waals surface area contributed by atoms with Gasteiger partial charge in [-0.15, -0.1) is 0 Å². The van der Waals surface area contributed by atoms with Crippen molar-refractivity contribution in [2.75, 3.05) is 0 Å². The minimum absolute atomic E-state index is 0.168. The summed E-state index contributed by atoms with van der Waals surface area (Å²) >= 11 is 0. The lowest BCUT2D eigenvalue weighted by molar-refractivity contribution is 0.487. The summed E-state index contributed by atoms with van der Waals surface area (Å²) in [6.45, 7) is 4.79. The van der Waals surface area contributed by atoms with Gasteiger partial charge in [0.1, 0.15) is 11.5 Å². The molecular formula is C45H30O. The van der Waals surface area contributed by atoms with Crippen molar-refractivity contribution in [2.45, 2.75) is 19.3 Å². The second-order valence-corrected chi connectivity index (χ2v) is 13.3. The molecule has 0 saturated carbocycles. The van der Waals surface area contributed by atoms with Crippen LogP contribution in [0.5, 0.6) is 11.5 Å². The van der Waals surface area contributed by atoms with Gasteiger partial charge in [0.05, 0.1) is 0 Å². The van der Waals surface area contributed by atoms with Gasteiger partial charge in [-0.2, -0.15) is 0 Å². The van der Waals surface area contributed by atoms with Crippen LogP contribution in [0.15, 0.2) is 146 Å². The molecule has 8 aromatic rings. The summed E-state index contributed by atoms with van der Waals surface area (Å²) in [5.41, 5.74) is 12.7. The van der Waals surface area contributed by atoms with Crippen molar-refractivity contribution in [3.05, 3.63) is 157 Å². The highest BCUT2D eigenvalue weighted by atomic mass is 16.5. The Morgan fingerprint density at radius 2 is 1.09 bits per heavy atom. The molecule has 0 atom stereocenters. The van der Waals surface area contributed by atoms with Crippen molar-refractivity contribution < 1.29 is 4.74 Å². The molecule has 1 aliphatic carbocycles. The first-order valence-electron chi connectivity index (χ1n) is 16.1. The third-order valence-electron chi connectivity index (χ3n) is 10.4. The lowest BCUT2D eigenvalue weighted by Crippen LogP contribution is -2.15. The topological polar surface area (TPSA) is 9.23 Å². The standard InChI is InChI=1S/C45H30O/c1-45(2)39-25-29-13-4-3-12-28(29)23-38(39)43-37(33-17-9-14-27-11-5-6-15-31(27)33)24-30(26-40(43)45)32-21-22-42-44-35(32)18-10-19-36(44)34-16-7-8-20-41(34)46-42/h3-26H,1-2H3. The maximum atomic E-state index is 6.47. The van der Waals surface area contributed by atoms with Gasteiger partial charge in [-0.3, -0.25) is 0 Å². The minimum Gasteiger partial charge on any atom is -0.456 e. The van der Waals surface area contributed by atoms with E-state index in [0.29, 0.717) is 0 Å². The van der Waals surface area contributed by atoms with Gasteiger partial charge in [0.15, 0.2) is 0 Å². The molecule has 216 valence electrons. The SMILES string of the molecule is CC1(C)c2cc3ccccc3cc2-c2c(-c3cccc4ccccc34)cc(-c3ccc4c5c(cccc35)-c3ccccc3O4)cc21. The molecule has 0 unspecified atom stereocenters. The summed E-state index contributed by atoms with van der Waals surface area (Å²) < 4.78 is 6.47. The fourth-order valence-electron chi connectivity index (χ4n) is 8.19. The number of benzene rings is 8. The molecule has 0 spiro atoms. The largest absolute Gasteiger partial charge is 0.456 e. The Morgan fingerprint density at radius 1 is 0.413 bits per heavy atom. The average Bonchev–Trinajstić information content (AvgIpc) is 3.32. The van der Waals surface area contributed by atoms with Gasteiger partial charge in [-0.25, -0.2) is 0 Å². The summed E-state index contributed by atoms with van der Waals surface area (Å²) in [5, 5.41) is 7.50. The van der Waals surface area contributed by atoms with E-state index in [-0.39, 0.29) is 5.41 Å². The van der Waals surface area contributed by atoms with Gasteiger partial charge < -0.3 is 4.74 Å². The fraction of sp³-hybridized carbons (Fsp3) is 0.0667. The monoisotopic (exact) mass is 586 g/mol. The first-order valence-corrected chi connectivity index (χ1v) is 16.1. The smallest absolute Gasteiger partial charge is 0.135 e. The minimum atomic E-state index is -0.168. The summed E-state index contributed by atoms with van der Waals surface area (Å²) in [7, 11) is 0. The van der Waals surface area contributed by atoms with E-state index in [1.165, 1.54) is 82.4 Å². The third-order valence-corrected chi connectivity index (χ3v) is 10.4. The van der Waals surface area contributed by atoms with Crippen LogP contribution in [0.3, 0.4) is 0 Å². The molecule has 10 rings (SSSR count). The summed E-state index contributed by atoms with van der Waals surface area (Å²) in [6, 6.07) is 53.5. The van der Waals surface area contributed by atoms with Crippen molar-refractivity contribution in [2.24, 2.45) is 0 Å². The van der Waals surface area contributed by atoms with Crippen LogP contribution in [-0.4, -0.2) is 0 Å². The van der Waals surface area contributed by atoms with E-state index in [2.05, 4.69) is 153 Å². The molecule has 0 fully saturated rings. The summed E-state index contributed by atoms with van der Waals surface area (Å²) in [5.74, 6) is 1.83. The summed E-state index contributed by atoms with van der Waals surface area (Å²) in [4.78, 5) is 0. The van der Waals surface area contributed by atoms with Crippen LogP contribution >= 0.6 is 0 Å². The molecule has 0 N–H and O–H groups in total. The first-order chi connectivity index (χ1) is 22.6. The van der Waals surface area contributed by atoms with Crippen LogP contribution in [-0.2, 0) is 5.41 Å². The molecule has 0 radical (unpaired) electrons. The van der Waals surface area contributed by atoms with Crippen molar-refractivity contribution in [3.8, 4) is 56.0 Å². The Balaban J connectivity index is 1.31. The lowest BCUT2D eigenvalue weighted by Gasteiger charge is -2.25. The molecule has 0 bridgehead atoms. The number of fused-ring (bicyclic) bond motifs is 7. The normalized spacial score (nSPS) is 13.8. The molecule has 1 heteroatoms. The van der Waals surface area contributed by atoms with E-state index in [9.17, 15) is 0 Å². The van der Waals surface area contributed by atoms with Crippen LogP contribution in [0.4, 0.5) is 0 Å². The van der Waals surface area contributed by atoms with Gasteiger partial charge >= 0.3 is 0 Å². The van der Waals surface area contributed by atoms with Crippen LogP contribution < -0.4 is 4.74 Å². The molecular weight excluding hydrogens is 556 g/mol. The van der Waals surface area contributed by atoms with Gasteiger partial charge in [-0.1, -0.05) is 123 Å². The highest BCUT2D eigenvalue weighted by Crippen LogP contribution is 2.56. The van der Waals surface area contributed by atoms with Crippen LogP contribution in [0.1, 0.15) is 25.0 Å². The van der Waals surface area contributed by atoms with Gasteiger partial charge in [0.2, 0.25) is 0 Å². The molecule has 0 saturated heterocycles. The molecule has 1 heterocycles. The van der Waals surface area contributed by atoms with Crippen LogP contribution in [0.25, 0.3) is 76.8 Å². The van der Waals surface area contributed by atoms with Gasteiger partial charge in [0, 0.05) is 16.4 Å². The maximum absolute atomic E-state index is 6.47. The molecule has 8 aromatic carbocycles. The molecule has 0 amide bonds. The van der Waals surface area contributed by atoms with Crippen molar-refractivity contribution in [1.82, 2.24) is 0 Å². The van der Waals surface area contributed by atoms with E-state index >= 15 is 0 Å². The number of hydrogen-bond acceptors (Lipinski definition) is 1. The van der Waals surface area contributed by atoms with E-state index in [0.717, 1.165) is 17.1 Å². The Hall–Kier alpha value is -5.66. The Bertz CT molecular complexity index is 2580. The molecule has 1 nitrogen and oxygen atoms in total. The highest BCUT2D eigenvalue weighted by Gasteiger charge is 2.38. The molecule has 46 heavy (non-hydrogen) atoms. The third kappa shape index (κ3) is 3.46. The zero-order chi connectivity index (χ0) is 30.6. The van der Waals surface area contributed by atoms with E-state index in [4.69, 9.17) is 4.74 Å². The fourth-order valence-corrected chi connectivity index (χ4v) is 8.19. The summed E-state index contributed by atoms with van der Waals surface area (Å²) in [6.07, 6.45) is 0. The number of hydrogen-bond donors (Lipinski definition) is 0. The van der Waals surface area contributed by atoms with E-state index in [1.54, 1.807) is 0 Å². The maximum Gasteiger partial charge on any atom is 0.135 e. The van der Waals surface area contributed by atoms with E-state index in [1.807, 2.05) is 6.07 Å². The van der Waals surface area contributed by atoms with Gasteiger partial charge in [0.25, 0.3) is 0 Å². The zero-order valence-corrected chi connectivity index (χ0v) is 25.8. The van der Waals surface area contributed by atoms with Crippen molar-refractivity contribution in [3.63, 3.8) is 0 Å². The number of para-hydroxylation sites is 1. The Morgan fingerprint density at radius 3 is 1.98 bits per heavy atom. The second-order valence-electron chi connectivity index (χ2n) is 13.3. The van der Waals surface area contributed by atoms with Gasteiger partial charge in [-0.05, 0) is 113 Å². The highest BCUT2D eigenvalue weighted by molar-refractivity contribution is 6.11. The average molecular weight is 587 g/mol. The first kappa shape index (κ1) is 25.6. The predicted molar refractivity (Wildman–Crippen MR) is 193 cm³/mol. The number of ether oxygens (including phenoxy) is 1. The zero-order valence-electron chi connectivity index (χ0n) is 25.8.